The lowest BCUT2D eigenvalue weighted by Gasteiger charge is -2.38. The highest BCUT2D eigenvalue weighted by atomic mass is 127. The topological polar surface area (TPSA) is 37.4 Å². The summed E-state index contributed by atoms with van der Waals surface area (Å²) in [6, 6.07) is 6.59. The summed E-state index contributed by atoms with van der Waals surface area (Å²) in [5, 5.41) is 0. The van der Waals surface area contributed by atoms with E-state index in [4.69, 9.17) is 0 Å². The molecule has 3 rings (SSSR count). The molecule has 7 heteroatoms. The first kappa shape index (κ1) is 18.9. The molecule has 26 heavy (non-hydrogen) atoms. The molecule has 0 N–H and O–H groups in total. The highest BCUT2D eigenvalue weighted by molar-refractivity contribution is 14.1. The summed E-state index contributed by atoms with van der Waals surface area (Å²) in [6.45, 7) is 0.793. The fraction of sp³-hybridized carbons (Fsp3) is 0.263. The van der Waals surface area contributed by atoms with Crippen molar-refractivity contribution in [1.82, 2.24) is 4.90 Å². The second kappa shape index (κ2) is 7.77. The van der Waals surface area contributed by atoms with Gasteiger partial charge in [0.1, 0.15) is 12.1 Å². The third-order valence-electron chi connectivity index (χ3n) is 4.48. The molecule has 1 fully saturated rings. The first-order valence-corrected chi connectivity index (χ1v) is 9.12. The van der Waals surface area contributed by atoms with Crippen molar-refractivity contribution in [3.05, 3.63) is 68.0 Å². The highest BCUT2D eigenvalue weighted by Gasteiger charge is 2.32. The predicted molar refractivity (Wildman–Crippen MR) is 98.4 cm³/mol. The number of halogens is 4. The molecule has 1 amide bonds. The maximum absolute atomic E-state index is 14.4. The maximum Gasteiger partial charge on any atom is 0.254 e. The SMILES string of the molecule is O=CCC1CN(C(=O)c2ccc(F)c(F)c2Cc2ccc(I)cc2F)C1. The molecule has 1 aliphatic rings. The average Bonchev–Trinajstić information content (AvgIpc) is 2.56. The zero-order valence-electron chi connectivity index (χ0n) is 13.6. The van der Waals surface area contributed by atoms with Crippen LogP contribution in [0.15, 0.2) is 30.3 Å². The van der Waals surface area contributed by atoms with Crippen molar-refractivity contribution in [1.29, 1.82) is 0 Å². The first-order valence-electron chi connectivity index (χ1n) is 8.04. The summed E-state index contributed by atoms with van der Waals surface area (Å²) in [6.07, 6.45) is 0.941. The number of nitrogens with zero attached hydrogens (tertiary/aromatic N) is 1. The van der Waals surface area contributed by atoms with E-state index in [1.807, 2.05) is 22.6 Å². The van der Waals surface area contributed by atoms with Gasteiger partial charge in [-0.1, -0.05) is 6.07 Å². The van der Waals surface area contributed by atoms with Gasteiger partial charge in [0.05, 0.1) is 0 Å². The molecule has 3 nitrogen and oxygen atoms in total. The smallest absolute Gasteiger partial charge is 0.254 e. The van der Waals surface area contributed by atoms with Gasteiger partial charge in [0.25, 0.3) is 5.91 Å². The summed E-state index contributed by atoms with van der Waals surface area (Å²) >= 11 is 1.95. The number of rotatable bonds is 5. The number of benzene rings is 2. The number of amides is 1. The molecule has 0 aromatic heterocycles. The fourth-order valence-electron chi connectivity index (χ4n) is 3.01. The van der Waals surface area contributed by atoms with Gasteiger partial charge in [-0.15, -0.1) is 0 Å². The molecule has 1 aliphatic heterocycles. The van der Waals surface area contributed by atoms with Gasteiger partial charge in [-0.25, -0.2) is 13.2 Å². The summed E-state index contributed by atoms with van der Waals surface area (Å²) in [5.41, 5.74) is 0.0479. The van der Waals surface area contributed by atoms with Gasteiger partial charge in [0, 0.05) is 46.5 Å². The number of aldehydes is 1. The lowest BCUT2D eigenvalue weighted by Crippen LogP contribution is -2.50. The van der Waals surface area contributed by atoms with Crippen LogP contribution >= 0.6 is 22.6 Å². The molecule has 0 unspecified atom stereocenters. The highest BCUT2D eigenvalue weighted by Crippen LogP contribution is 2.27. The third-order valence-corrected chi connectivity index (χ3v) is 5.15. The van der Waals surface area contributed by atoms with Crippen LogP contribution in [0.2, 0.25) is 0 Å². The second-order valence-electron chi connectivity index (χ2n) is 6.28. The van der Waals surface area contributed by atoms with Gasteiger partial charge in [-0.3, -0.25) is 4.79 Å². The van der Waals surface area contributed by atoms with Crippen LogP contribution in [0.25, 0.3) is 0 Å². The molecular formula is C19H15F3INO2. The van der Waals surface area contributed by atoms with E-state index in [0.717, 1.165) is 12.4 Å². The largest absolute Gasteiger partial charge is 0.338 e. The molecule has 0 bridgehead atoms. The first-order chi connectivity index (χ1) is 12.4. The van der Waals surface area contributed by atoms with E-state index in [0.29, 0.717) is 23.1 Å². The van der Waals surface area contributed by atoms with Crippen molar-refractivity contribution in [2.45, 2.75) is 12.8 Å². The average molecular weight is 473 g/mol. The van der Waals surface area contributed by atoms with Crippen LogP contribution in [-0.4, -0.2) is 30.2 Å². The van der Waals surface area contributed by atoms with E-state index in [9.17, 15) is 22.8 Å². The van der Waals surface area contributed by atoms with Gasteiger partial charge in [0.2, 0.25) is 0 Å². The van der Waals surface area contributed by atoms with Gasteiger partial charge in [-0.2, -0.15) is 0 Å². The van der Waals surface area contributed by atoms with Crippen molar-refractivity contribution in [2.75, 3.05) is 13.1 Å². The second-order valence-corrected chi connectivity index (χ2v) is 7.52. The Kier molecular flexibility index (Phi) is 5.64. The minimum atomic E-state index is -1.14. The molecule has 136 valence electrons. The van der Waals surface area contributed by atoms with Crippen LogP contribution in [0.3, 0.4) is 0 Å². The molecule has 0 spiro atoms. The van der Waals surface area contributed by atoms with Gasteiger partial charge < -0.3 is 9.69 Å². The molecule has 0 radical (unpaired) electrons. The van der Waals surface area contributed by atoms with E-state index >= 15 is 0 Å². The van der Waals surface area contributed by atoms with E-state index in [1.54, 1.807) is 6.07 Å². The van der Waals surface area contributed by atoms with Crippen LogP contribution in [0.5, 0.6) is 0 Å². The minimum absolute atomic E-state index is 0.0198. The molecule has 0 aliphatic carbocycles. The lowest BCUT2D eigenvalue weighted by atomic mass is 9.93. The number of carbonyl (C=O) groups excluding carboxylic acids is 2. The molecule has 0 atom stereocenters. The Morgan fingerprint density at radius 1 is 1.15 bits per heavy atom. The minimum Gasteiger partial charge on any atom is -0.338 e. The van der Waals surface area contributed by atoms with Crippen molar-refractivity contribution < 1.29 is 22.8 Å². The van der Waals surface area contributed by atoms with Crippen molar-refractivity contribution >= 4 is 34.8 Å². The summed E-state index contributed by atoms with van der Waals surface area (Å²) < 4.78 is 42.9. The standard InChI is InChI=1S/C19H15F3INO2/c20-16-4-3-14(19(26)24-9-11(10-24)5-6-25)15(18(16)22)7-12-1-2-13(23)8-17(12)21/h1-4,6,8,11H,5,7,9-10H2. The van der Waals surface area contributed by atoms with Crippen molar-refractivity contribution in [2.24, 2.45) is 5.92 Å². The molecule has 1 saturated heterocycles. The third kappa shape index (κ3) is 3.77. The molecule has 1 heterocycles. The normalized spacial score (nSPS) is 14.2. The van der Waals surface area contributed by atoms with Crippen molar-refractivity contribution in [3.63, 3.8) is 0 Å². The summed E-state index contributed by atoms with van der Waals surface area (Å²) in [7, 11) is 0. The fourth-order valence-corrected chi connectivity index (χ4v) is 3.47. The Balaban J connectivity index is 1.90. The van der Waals surface area contributed by atoms with Gasteiger partial charge in [-0.05, 0) is 52.4 Å². The predicted octanol–water partition coefficient (Wildman–Crippen LogP) is 3.96. The van der Waals surface area contributed by atoms with E-state index in [1.165, 1.54) is 23.1 Å². The van der Waals surface area contributed by atoms with Crippen LogP contribution in [-0.2, 0) is 11.2 Å². The molecular weight excluding hydrogens is 458 g/mol. The Morgan fingerprint density at radius 3 is 2.54 bits per heavy atom. The van der Waals surface area contributed by atoms with Gasteiger partial charge >= 0.3 is 0 Å². The molecule has 2 aromatic carbocycles. The Bertz CT molecular complexity index is 866. The van der Waals surface area contributed by atoms with Crippen LogP contribution in [0.4, 0.5) is 13.2 Å². The number of likely N-dealkylation sites (tertiary alicyclic amines) is 1. The Labute approximate surface area is 162 Å². The lowest BCUT2D eigenvalue weighted by molar-refractivity contribution is -0.109. The maximum atomic E-state index is 14.4. The quantitative estimate of drug-likeness (QED) is 0.487. The zero-order chi connectivity index (χ0) is 18.8. The summed E-state index contributed by atoms with van der Waals surface area (Å²) in [5.74, 6) is -3.09. The summed E-state index contributed by atoms with van der Waals surface area (Å²) in [4.78, 5) is 24.6. The van der Waals surface area contributed by atoms with Crippen LogP contribution < -0.4 is 0 Å². The number of hydrogen-bond donors (Lipinski definition) is 0. The Morgan fingerprint density at radius 2 is 1.88 bits per heavy atom. The van der Waals surface area contributed by atoms with Gasteiger partial charge in [0.15, 0.2) is 11.6 Å². The van der Waals surface area contributed by atoms with Crippen molar-refractivity contribution in [3.8, 4) is 0 Å². The zero-order valence-corrected chi connectivity index (χ0v) is 15.8. The van der Waals surface area contributed by atoms with E-state index < -0.39 is 23.4 Å². The van der Waals surface area contributed by atoms with E-state index in [-0.39, 0.29) is 29.0 Å². The Hall–Kier alpha value is -1.90. The van der Waals surface area contributed by atoms with Crippen LogP contribution in [0, 0.1) is 26.9 Å². The van der Waals surface area contributed by atoms with E-state index in [2.05, 4.69) is 0 Å². The molecule has 2 aromatic rings. The number of hydrogen-bond acceptors (Lipinski definition) is 2. The molecule has 0 saturated carbocycles. The monoisotopic (exact) mass is 473 g/mol. The number of carbonyl (C=O) groups is 2. The van der Waals surface area contributed by atoms with Crippen LogP contribution in [0.1, 0.15) is 27.9 Å².